The predicted octanol–water partition coefficient (Wildman–Crippen LogP) is 1.27. The molecule has 6 nitrogen and oxygen atoms in total. The Bertz CT molecular complexity index is 692. The van der Waals surface area contributed by atoms with Crippen molar-refractivity contribution in [3.05, 3.63) is 47.8 Å². The van der Waals surface area contributed by atoms with Crippen molar-refractivity contribution < 1.29 is 14.7 Å². The maximum Gasteiger partial charge on any atom is 0.353 e. The van der Waals surface area contributed by atoms with Crippen molar-refractivity contribution in [1.82, 2.24) is 9.88 Å². The zero-order chi connectivity index (χ0) is 15.9. The Morgan fingerprint density at radius 3 is 2.86 bits per heavy atom. The topological polar surface area (TPSA) is 96.5 Å². The van der Waals surface area contributed by atoms with E-state index >= 15 is 0 Å². The van der Waals surface area contributed by atoms with E-state index < -0.39 is 22.8 Å². The second-order valence-electron chi connectivity index (χ2n) is 4.84. The summed E-state index contributed by atoms with van der Waals surface area (Å²) in [7, 11) is 0. The number of pyridine rings is 1. The van der Waals surface area contributed by atoms with E-state index in [2.05, 4.69) is 11.6 Å². The molecule has 1 fully saturated rings. The first-order valence-electron chi connectivity index (χ1n) is 6.41. The number of aromatic nitrogens is 1. The van der Waals surface area contributed by atoms with Crippen LogP contribution in [0.2, 0.25) is 0 Å². The highest BCUT2D eigenvalue weighted by atomic mass is 32.2. The van der Waals surface area contributed by atoms with Crippen molar-refractivity contribution in [2.75, 3.05) is 5.75 Å². The zero-order valence-electron chi connectivity index (χ0n) is 11.4. The largest absolute Gasteiger partial charge is 0.477 e. The molecule has 2 aliphatic heterocycles. The zero-order valence-corrected chi connectivity index (χ0v) is 13.1. The molecule has 0 spiro atoms. The van der Waals surface area contributed by atoms with E-state index in [-0.39, 0.29) is 5.70 Å². The fourth-order valence-electron chi connectivity index (χ4n) is 2.39. The van der Waals surface area contributed by atoms with Crippen LogP contribution in [0.1, 0.15) is 0 Å². The van der Waals surface area contributed by atoms with Gasteiger partial charge in [-0.05, 0) is 12.1 Å². The Kier molecular flexibility index (Phi) is 3.75. The molecular formula is C14H13N3O3S2. The highest BCUT2D eigenvalue weighted by molar-refractivity contribution is 8.06. The molecule has 2 atom stereocenters. The summed E-state index contributed by atoms with van der Waals surface area (Å²) in [6.45, 7) is 3.59. The van der Waals surface area contributed by atoms with Crippen LogP contribution in [0.4, 0.5) is 0 Å². The third-order valence-electron chi connectivity index (χ3n) is 3.54. The van der Waals surface area contributed by atoms with E-state index in [4.69, 9.17) is 5.73 Å². The van der Waals surface area contributed by atoms with Gasteiger partial charge in [-0.1, -0.05) is 17.8 Å². The maximum absolute atomic E-state index is 12.3. The van der Waals surface area contributed by atoms with Crippen LogP contribution in [0.25, 0.3) is 0 Å². The number of carboxylic acids is 1. The van der Waals surface area contributed by atoms with Gasteiger partial charge in [0, 0.05) is 27.9 Å². The molecule has 1 aromatic rings. The first kappa shape index (κ1) is 15.1. The summed E-state index contributed by atoms with van der Waals surface area (Å²) in [5, 5.41) is 9.10. The lowest BCUT2D eigenvalue weighted by molar-refractivity contribution is -0.151. The Labute approximate surface area is 135 Å². The lowest BCUT2D eigenvalue weighted by Gasteiger charge is -2.54. The van der Waals surface area contributed by atoms with Crippen LogP contribution in [0, 0.1) is 0 Å². The number of hydrogen-bond acceptors (Lipinski definition) is 6. The molecule has 1 unspecified atom stereocenters. The van der Waals surface area contributed by atoms with E-state index in [0.29, 0.717) is 10.7 Å². The van der Waals surface area contributed by atoms with Crippen LogP contribution in [0.3, 0.4) is 0 Å². The molecule has 0 aromatic carbocycles. The molecule has 8 heteroatoms. The van der Waals surface area contributed by atoms with Gasteiger partial charge in [-0.15, -0.1) is 18.3 Å². The van der Waals surface area contributed by atoms with Gasteiger partial charge in [0.1, 0.15) is 16.6 Å². The Morgan fingerprint density at radius 2 is 2.27 bits per heavy atom. The van der Waals surface area contributed by atoms with Crippen molar-refractivity contribution in [3.63, 3.8) is 0 Å². The second kappa shape index (κ2) is 5.45. The van der Waals surface area contributed by atoms with Crippen molar-refractivity contribution in [2.24, 2.45) is 5.73 Å². The summed E-state index contributed by atoms with van der Waals surface area (Å²) in [5.74, 6) is -1.07. The summed E-state index contributed by atoms with van der Waals surface area (Å²) in [6.07, 6.45) is 4.67. The monoisotopic (exact) mass is 335 g/mol. The molecule has 0 saturated carbocycles. The summed E-state index contributed by atoms with van der Waals surface area (Å²) in [4.78, 5) is 30.6. The fourth-order valence-corrected chi connectivity index (χ4v) is 4.93. The van der Waals surface area contributed by atoms with Crippen LogP contribution in [0.15, 0.2) is 52.7 Å². The molecule has 3 N–H and O–H groups in total. The Hall–Kier alpha value is -1.77. The van der Waals surface area contributed by atoms with Gasteiger partial charge in [0.25, 0.3) is 5.91 Å². The minimum absolute atomic E-state index is 0.0125. The quantitative estimate of drug-likeness (QED) is 0.632. The summed E-state index contributed by atoms with van der Waals surface area (Å²) >= 11 is 2.78. The van der Waals surface area contributed by atoms with Crippen molar-refractivity contribution in [1.29, 1.82) is 0 Å². The number of rotatable bonds is 4. The van der Waals surface area contributed by atoms with Gasteiger partial charge in [0.2, 0.25) is 0 Å². The lowest BCUT2D eigenvalue weighted by atomic mass is 9.88. The van der Waals surface area contributed by atoms with E-state index in [9.17, 15) is 14.7 Å². The fraction of sp³-hybridized carbons (Fsp3) is 0.214. The number of carbonyl (C=O) groups is 2. The molecule has 0 aliphatic carbocycles. The molecule has 0 radical (unpaired) electrons. The van der Waals surface area contributed by atoms with Gasteiger partial charge >= 0.3 is 5.97 Å². The molecule has 22 heavy (non-hydrogen) atoms. The van der Waals surface area contributed by atoms with Gasteiger partial charge in [-0.2, -0.15) is 0 Å². The van der Waals surface area contributed by atoms with E-state index in [1.54, 1.807) is 24.5 Å². The predicted molar refractivity (Wildman–Crippen MR) is 85.0 cm³/mol. The molecule has 114 valence electrons. The van der Waals surface area contributed by atoms with Gasteiger partial charge in [-0.25, -0.2) is 4.79 Å². The van der Waals surface area contributed by atoms with Crippen LogP contribution in [-0.2, 0) is 9.59 Å². The van der Waals surface area contributed by atoms with E-state index in [0.717, 1.165) is 4.90 Å². The number of nitrogens with two attached hydrogens (primary N) is 1. The molecule has 1 saturated heterocycles. The van der Waals surface area contributed by atoms with Crippen molar-refractivity contribution in [3.8, 4) is 0 Å². The molecule has 1 aromatic heterocycles. The number of carbonyl (C=O) groups excluding carboxylic acids is 1. The number of carboxylic acid groups (broad SMARTS) is 1. The van der Waals surface area contributed by atoms with Crippen LogP contribution in [-0.4, -0.2) is 43.5 Å². The molecule has 2 aliphatic rings. The average Bonchev–Trinajstić information content (AvgIpc) is 2.53. The lowest BCUT2D eigenvalue weighted by Crippen LogP contribution is -2.76. The standard InChI is InChI=1S/C14H13N3O3S2/c1-2-14(15)12(20)17-10(11(18)19)9(7-21-13(14)17)22-8-3-5-16-6-4-8/h2-6,13H,1,7,15H2,(H,18,19)/t13-,14?/m0/s1. The molecule has 0 bridgehead atoms. The number of amides is 1. The third kappa shape index (κ3) is 2.15. The summed E-state index contributed by atoms with van der Waals surface area (Å²) < 4.78 is 0. The summed E-state index contributed by atoms with van der Waals surface area (Å²) in [5.41, 5.74) is 4.83. The maximum atomic E-state index is 12.3. The number of thioether (sulfide) groups is 2. The number of nitrogens with zero attached hydrogens (tertiary/aromatic N) is 2. The number of hydrogen-bond donors (Lipinski definition) is 2. The highest BCUT2D eigenvalue weighted by Gasteiger charge is 2.61. The highest BCUT2D eigenvalue weighted by Crippen LogP contribution is 2.48. The molecule has 3 heterocycles. The summed E-state index contributed by atoms with van der Waals surface area (Å²) in [6, 6.07) is 3.59. The minimum Gasteiger partial charge on any atom is -0.477 e. The smallest absolute Gasteiger partial charge is 0.353 e. The van der Waals surface area contributed by atoms with Gasteiger partial charge in [-0.3, -0.25) is 14.7 Å². The molecule has 3 rings (SSSR count). The SMILES string of the molecule is C=CC1(N)C(=O)N2C(C(=O)O)=C(Sc3ccncc3)CS[C@H]21. The molecular weight excluding hydrogens is 322 g/mol. The van der Waals surface area contributed by atoms with Crippen LogP contribution < -0.4 is 5.73 Å². The number of fused-ring (bicyclic) bond motifs is 1. The van der Waals surface area contributed by atoms with Gasteiger partial charge < -0.3 is 10.8 Å². The first-order valence-corrected chi connectivity index (χ1v) is 8.27. The minimum atomic E-state index is -1.18. The van der Waals surface area contributed by atoms with Gasteiger partial charge in [0.05, 0.1) is 0 Å². The van der Waals surface area contributed by atoms with Crippen LogP contribution >= 0.6 is 23.5 Å². The average molecular weight is 335 g/mol. The Balaban J connectivity index is 1.97. The number of β-lactam (4-membered cyclic amide) rings is 1. The van der Waals surface area contributed by atoms with Crippen molar-refractivity contribution >= 4 is 35.4 Å². The van der Waals surface area contributed by atoms with E-state index in [1.807, 2.05) is 0 Å². The number of aliphatic carboxylic acids is 1. The first-order chi connectivity index (χ1) is 10.5. The Morgan fingerprint density at radius 1 is 1.59 bits per heavy atom. The van der Waals surface area contributed by atoms with Gasteiger partial charge in [0.15, 0.2) is 0 Å². The van der Waals surface area contributed by atoms with Crippen LogP contribution in [0.5, 0.6) is 0 Å². The molecule has 1 amide bonds. The van der Waals surface area contributed by atoms with E-state index in [1.165, 1.54) is 34.5 Å². The normalized spacial score (nSPS) is 27.2. The second-order valence-corrected chi connectivity index (χ2v) is 7.07. The van der Waals surface area contributed by atoms with Crippen molar-refractivity contribution in [2.45, 2.75) is 15.8 Å². The third-order valence-corrected chi connectivity index (χ3v) is 6.19.